The summed E-state index contributed by atoms with van der Waals surface area (Å²) in [5.41, 5.74) is 2.05. The molecule has 0 atom stereocenters. The van der Waals surface area contributed by atoms with Gasteiger partial charge in [-0.3, -0.25) is 19.3 Å². The Kier molecular flexibility index (Phi) is 5.38. The molecule has 0 aromatic heterocycles. The SMILES string of the molecule is CCCCc1ccc(C=C2SC(=O)N(CC(=O)O)C2=O)cc1. The highest BCUT2D eigenvalue weighted by Crippen LogP contribution is 2.31. The fourth-order valence-corrected chi connectivity index (χ4v) is 2.92. The molecule has 0 aliphatic carbocycles. The second-order valence-electron chi connectivity index (χ2n) is 5.01. The Balaban J connectivity index is 2.11. The first-order valence-electron chi connectivity index (χ1n) is 7.07. The summed E-state index contributed by atoms with van der Waals surface area (Å²) in [6.45, 7) is 1.54. The standard InChI is InChI=1S/C16H17NO4S/c1-2-3-4-11-5-7-12(8-6-11)9-13-15(20)17(10-14(18)19)16(21)22-13/h5-9H,2-4,10H2,1H3,(H,18,19). The van der Waals surface area contributed by atoms with E-state index in [0.717, 1.165) is 41.5 Å². The summed E-state index contributed by atoms with van der Waals surface area (Å²) in [5.74, 6) is -1.75. The van der Waals surface area contributed by atoms with Crippen LogP contribution in [0.3, 0.4) is 0 Å². The first-order chi connectivity index (χ1) is 10.5. The summed E-state index contributed by atoms with van der Waals surface area (Å²) >= 11 is 0.772. The number of hydrogen-bond acceptors (Lipinski definition) is 4. The zero-order chi connectivity index (χ0) is 16.1. The van der Waals surface area contributed by atoms with Crippen molar-refractivity contribution in [3.05, 3.63) is 40.3 Å². The van der Waals surface area contributed by atoms with E-state index in [1.807, 2.05) is 24.3 Å². The minimum Gasteiger partial charge on any atom is -0.480 e. The number of aryl methyl sites for hydroxylation is 1. The molecule has 1 fully saturated rings. The topological polar surface area (TPSA) is 74.7 Å². The molecule has 1 aromatic carbocycles. The number of imide groups is 1. The number of aliphatic carboxylic acids is 1. The average Bonchev–Trinajstić information content (AvgIpc) is 2.74. The number of carboxylic acids is 1. The third kappa shape index (κ3) is 3.98. The number of carbonyl (C=O) groups excluding carboxylic acids is 2. The highest BCUT2D eigenvalue weighted by atomic mass is 32.2. The average molecular weight is 319 g/mol. The van der Waals surface area contributed by atoms with E-state index in [4.69, 9.17) is 5.11 Å². The van der Waals surface area contributed by atoms with Crippen LogP contribution in [0.2, 0.25) is 0 Å². The summed E-state index contributed by atoms with van der Waals surface area (Å²) in [6, 6.07) is 7.80. The molecule has 1 aliphatic rings. The van der Waals surface area contributed by atoms with Gasteiger partial charge in [-0.05, 0) is 41.8 Å². The maximum absolute atomic E-state index is 12.0. The fourth-order valence-electron chi connectivity index (χ4n) is 2.08. The lowest BCUT2D eigenvalue weighted by atomic mass is 10.1. The summed E-state index contributed by atoms with van der Waals surface area (Å²) < 4.78 is 0. The summed E-state index contributed by atoms with van der Waals surface area (Å²) in [7, 11) is 0. The Hall–Kier alpha value is -2.08. The molecule has 1 aromatic rings. The van der Waals surface area contributed by atoms with Gasteiger partial charge in [0.25, 0.3) is 11.1 Å². The van der Waals surface area contributed by atoms with Crippen LogP contribution in [0.1, 0.15) is 30.9 Å². The molecule has 1 aliphatic heterocycles. The van der Waals surface area contributed by atoms with Gasteiger partial charge < -0.3 is 5.11 Å². The monoisotopic (exact) mass is 319 g/mol. The van der Waals surface area contributed by atoms with Crippen molar-refractivity contribution in [2.75, 3.05) is 6.54 Å². The maximum Gasteiger partial charge on any atom is 0.323 e. The van der Waals surface area contributed by atoms with E-state index in [1.165, 1.54) is 5.56 Å². The van der Waals surface area contributed by atoms with E-state index < -0.39 is 23.7 Å². The molecule has 5 nitrogen and oxygen atoms in total. The van der Waals surface area contributed by atoms with Crippen LogP contribution in [-0.2, 0) is 16.0 Å². The predicted octanol–water partition coefficient (Wildman–Crippen LogP) is 3.15. The maximum atomic E-state index is 12.0. The van der Waals surface area contributed by atoms with Crippen LogP contribution in [-0.4, -0.2) is 33.7 Å². The molecular weight excluding hydrogens is 302 g/mol. The number of nitrogens with zero attached hydrogens (tertiary/aromatic N) is 1. The smallest absolute Gasteiger partial charge is 0.323 e. The van der Waals surface area contributed by atoms with Crippen molar-refractivity contribution >= 4 is 35.0 Å². The number of thioether (sulfide) groups is 1. The Morgan fingerprint density at radius 3 is 2.55 bits per heavy atom. The highest BCUT2D eigenvalue weighted by molar-refractivity contribution is 8.18. The minimum absolute atomic E-state index is 0.257. The van der Waals surface area contributed by atoms with Crippen LogP contribution in [0.25, 0.3) is 6.08 Å². The molecule has 0 bridgehead atoms. The molecule has 2 rings (SSSR count). The van der Waals surface area contributed by atoms with Crippen LogP contribution in [0.4, 0.5) is 4.79 Å². The fraction of sp³-hybridized carbons (Fsp3) is 0.312. The van der Waals surface area contributed by atoms with Gasteiger partial charge in [-0.25, -0.2) is 0 Å². The van der Waals surface area contributed by atoms with Gasteiger partial charge in [0.15, 0.2) is 0 Å². The van der Waals surface area contributed by atoms with Crippen LogP contribution in [0.15, 0.2) is 29.2 Å². The van der Waals surface area contributed by atoms with Crippen molar-refractivity contribution in [2.24, 2.45) is 0 Å². The molecule has 1 saturated heterocycles. The van der Waals surface area contributed by atoms with Gasteiger partial charge in [-0.15, -0.1) is 0 Å². The zero-order valence-corrected chi connectivity index (χ0v) is 13.1. The van der Waals surface area contributed by atoms with Gasteiger partial charge in [-0.1, -0.05) is 37.6 Å². The van der Waals surface area contributed by atoms with Gasteiger partial charge in [0.2, 0.25) is 0 Å². The summed E-state index contributed by atoms with van der Waals surface area (Å²) in [5, 5.41) is 8.17. The number of carbonyl (C=O) groups is 3. The number of amides is 2. The molecule has 22 heavy (non-hydrogen) atoms. The molecule has 116 valence electrons. The Morgan fingerprint density at radius 2 is 1.95 bits per heavy atom. The molecule has 6 heteroatoms. The molecule has 0 radical (unpaired) electrons. The Labute approximate surface area is 133 Å². The lowest BCUT2D eigenvalue weighted by molar-refractivity contribution is -0.140. The van der Waals surface area contributed by atoms with Crippen LogP contribution >= 0.6 is 11.8 Å². The minimum atomic E-state index is -1.20. The van der Waals surface area contributed by atoms with E-state index in [-0.39, 0.29) is 4.91 Å². The van der Waals surface area contributed by atoms with Gasteiger partial charge >= 0.3 is 5.97 Å². The van der Waals surface area contributed by atoms with Gasteiger partial charge in [0, 0.05) is 0 Å². The van der Waals surface area contributed by atoms with Crippen molar-refractivity contribution in [3.8, 4) is 0 Å². The summed E-state index contributed by atoms with van der Waals surface area (Å²) in [6.07, 6.45) is 4.91. The van der Waals surface area contributed by atoms with E-state index in [1.54, 1.807) is 6.08 Å². The van der Waals surface area contributed by atoms with Crippen molar-refractivity contribution in [1.82, 2.24) is 4.90 Å². The van der Waals surface area contributed by atoms with E-state index >= 15 is 0 Å². The number of hydrogen-bond donors (Lipinski definition) is 1. The first-order valence-corrected chi connectivity index (χ1v) is 7.89. The third-order valence-corrected chi connectivity index (χ3v) is 4.17. The number of benzene rings is 1. The number of rotatable bonds is 6. The second-order valence-corrected chi connectivity index (χ2v) is 6.00. The normalized spacial score (nSPS) is 16.6. The highest BCUT2D eigenvalue weighted by Gasteiger charge is 2.36. The molecule has 0 spiro atoms. The summed E-state index contributed by atoms with van der Waals surface area (Å²) in [4.78, 5) is 35.3. The second kappa shape index (κ2) is 7.26. The number of carboxylic acid groups (broad SMARTS) is 1. The molecule has 0 unspecified atom stereocenters. The first kappa shape index (κ1) is 16.3. The zero-order valence-electron chi connectivity index (χ0n) is 12.2. The molecule has 1 N–H and O–H groups in total. The van der Waals surface area contributed by atoms with Crippen molar-refractivity contribution in [1.29, 1.82) is 0 Å². The van der Waals surface area contributed by atoms with Crippen LogP contribution < -0.4 is 0 Å². The van der Waals surface area contributed by atoms with Crippen molar-refractivity contribution in [2.45, 2.75) is 26.2 Å². The lowest BCUT2D eigenvalue weighted by Crippen LogP contribution is -2.33. The van der Waals surface area contributed by atoms with E-state index in [0.29, 0.717) is 0 Å². The third-order valence-electron chi connectivity index (χ3n) is 3.26. The van der Waals surface area contributed by atoms with Crippen molar-refractivity contribution < 1.29 is 19.5 Å². The molecular formula is C16H17NO4S. The molecule has 0 saturated carbocycles. The van der Waals surface area contributed by atoms with Gasteiger partial charge in [-0.2, -0.15) is 0 Å². The lowest BCUT2D eigenvalue weighted by Gasteiger charge is -2.07. The van der Waals surface area contributed by atoms with Gasteiger partial charge in [0.1, 0.15) is 6.54 Å². The van der Waals surface area contributed by atoms with Gasteiger partial charge in [0.05, 0.1) is 4.91 Å². The van der Waals surface area contributed by atoms with Crippen LogP contribution in [0, 0.1) is 0 Å². The Morgan fingerprint density at radius 1 is 1.27 bits per heavy atom. The largest absolute Gasteiger partial charge is 0.480 e. The Bertz CT molecular complexity index is 622. The van der Waals surface area contributed by atoms with Crippen molar-refractivity contribution in [3.63, 3.8) is 0 Å². The van der Waals surface area contributed by atoms with Crippen LogP contribution in [0.5, 0.6) is 0 Å². The number of unbranched alkanes of at least 4 members (excludes halogenated alkanes) is 1. The molecule has 2 amide bonds. The molecule has 1 heterocycles. The van der Waals surface area contributed by atoms with E-state index in [2.05, 4.69) is 6.92 Å². The quantitative estimate of drug-likeness (QED) is 0.815. The predicted molar refractivity (Wildman–Crippen MR) is 85.4 cm³/mol. The van der Waals surface area contributed by atoms with E-state index in [9.17, 15) is 14.4 Å².